The number of rotatable bonds is 7. The molecule has 1 fully saturated rings. The van der Waals surface area contributed by atoms with Crippen LogP contribution in [0.1, 0.15) is 38.7 Å². The van der Waals surface area contributed by atoms with Crippen molar-refractivity contribution in [2.75, 3.05) is 17.3 Å². The summed E-state index contributed by atoms with van der Waals surface area (Å²) in [7, 11) is 1.57. The molecule has 0 aliphatic carbocycles. The molecule has 0 saturated carbocycles. The minimum absolute atomic E-state index is 0.292. The zero-order valence-electron chi connectivity index (χ0n) is 26.2. The summed E-state index contributed by atoms with van der Waals surface area (Å²) in [5.74, 6) is -1.88. The summed E-state index contributed by atoms with van der Waals surface area (Å²) < 4.78 is 11.9. The van der Waals surface area contributed by atoms with E-state index in [1.165, 1.54) is 0 Å². The number of benzene rings is 5. The van der Waals surface area contributed by atoms with Crippen LogP contribution < -0.4 is 15.0 Å². The number of fused-ring (bicyclic) bond motifs is 6. The Morgan fingerprint density at radius 1 is 0.771 bits per heavy atom. The van der Waals surface area contributed by atoms with Crippen LogP contribution in [0.4, 0.5) is 11.4 Å². The molecule has 7 heteroatoms. The Hall–Kier alpha value is -5.95. The number of carbonyl (C=O) groups excluding carboxylic acids is 3. The maximum atomic E-state index is 15.2. The first-order chi connectivity index (χ1) is 23.5. The van der Waals surface area contributed by atoms with Crippen LogP contribution in [0, 0.1) is 5.92 Å². The lowest BCUT2D eigenvalue weighted by molar-refractivity contribution is -0.156. The molecule has 5 aromatic carbocycles. The zero-order chi connectivity index (χ0) is 32.8. The van der Waals surface area contributed by atoms with Crippen molar-refractivity contribution in [2.45, 2.75) is 23.6 Å². The number of amides is 1. The Labute approximate surface area is 278 Å². The normalized spacial score (nSPS) is 21.8. The van der Waals surface area contributed by atoms with Crippen LogP contribution in [0.25, 0.3) is 6.08 Å². The lowest BCUT2D eigenvalue weighted by Gasteiger charge is -2.37. The maximum absolute atomic E-state index is 15.2. The molecule has 5 aromatic rings. The fourth-order valence-corrected chi connectivity index (χ4v) is 7.78. The molecule has 236 valence electrons. The van der Waals surface area contributed by atoms with E-state index in [4.69, 9.17) is 9.47 Å². The molecule has 8 rings (SSSR count). The molecule has 1 saturated heterocycles. The number of ketones is 1. The van der Waals surface area contributed by atoms with Crippen molar-refractivity contribution in [1.82, 2.24) is 0 Å². The predicted octanol–water partition coefficient (Wildman–Crippen LogP) is 7.00. The second-order valence-corrected chi connectivity index (χ2v) is 12.3. The lowest BCUT2D eigenvalue weighted by atomic mass is 9.66. The standard InChI is InChI=1S/C41H32N2O5/c1-47-30-23-20-27(21-24-30)37(44)36-35(39(45)48-38(28-13-4-2-5-14-28)29-15-6-3-7-16-29)41(31-17-9-10-18-32(31)42-40(41)46)34-25-22-26-12-8-11-19-33(26)43(34)36/h2-25,34-36,38H,1H3,(H,42,46)/t34?,35-,36+,41+/m1/s1. The first-order valence-electron chi connectivity index (χ1n) is 16.0. The van der Waals surface area contributed by atoms with Gasteiger partial charge in [0.2, 0.25) is 5.91 Å². The van der Waals surface area contributed by atoms with Gasteiger partial charge in [0.25, 0.3) is 0 Å². The van der Waals surface area contributed by atoms with E-state index in [1.54, 1.807) is 31.4 Å². The number of nitrogens with one attached hydrogen (secondary N) is 1. The molecule has 3 heterocycles. The highest BCUT2D eigenvalue weighted by atomic mass is 16.5. The highest BCUT2D eigenvalue weighted by molar-refractivity contribution is 6.15. The molecule has 0 aromatic heterocycles. The van der Waals surface area contributed by atoms with Crippen molar-refractivity contribution in [3.63, 3.8) is 0 Å². The molecule has 7 nitrogen and oxygen atoms in total. The van der Waals surface area contributed by atoms with Crippen LogP contribution in [0.5, 0.6) is 5.75 Å². The number of anilines is 2. The Morgan fingerprint density at radius 3 is 2.08 bits per heavy atom. The van der Waals surface area contributed by atoms with E-state index < -0.39 is 35.5 Å². The van der Waals surface area contributed by atoms with E-state index in [1.807, 2.05) is 126 Å². The van der Waals surface area contributed by atoms with Gasteiger partial charge >= 0.3 is 5.97 Å². The van der Waals surface area contributed by atoms with Gasteiger partial charge in [-0.3, -0.25) is 14.4 Å². The highest BCUT2D eigenvalue weighted by Crippen LogP contribution is 2.58. The van der Waals surface area contributed by atoms with E-state index in [0.29, 0.717) is 22.6 Å². The molecular weight excluding hydrogens is 600 g/mol. The number of carbonyl (C=O) groups is 3. The van der Waals surface area contributed by atoms with Gasteiger partial charge in [0.15, 0.2) is 11.9 Å². The van der Waals surface area contributed by atoms with Gasteiger partial charge in [-0.25, -0.2) is 0 Å². The van der Waals surface area contributed by atoms with Crippen LogP contribution in [0.3, 0.4) is 0 Å². The average molecular weight is 633 g/mol. The SMILES string of the molecule is COc1ccc(C(=O)[C@@H]2[C@H](C(=O)OC(c3ccccc3)c3ccccc3)[C@@]3(C(=O)Nc4ccccc43)C3C=Cc4ccccc4N32)cc1. The van der Waals surface area contributed by atoms with Gasteiger partial charge in [0, 0.05) is 16.9 Å². The van der Waals surface area contributed by atoms with Crippen molar-refractivity contribution < 1.29 is 23.9 Å². The summed E-state index contributed by atoms with van der Waals surface area (Å²) in [6.45, 7) is 0. The number of para-hydroxylation sites is 2. The number of hydrogen-bond acceptors (Lipinski definition) is 6. The number of hydrogen-bond donors (Lipinski definition) is 1. The Bertz CT molecular complexity index is 2020. The monoisotopic (exact) mass is 632 g/mol. The quantitative estimate of drug-likeness (QED) is 0.154. The summed E-state index contributed by atoms with van der Waals surface area (Å²) in [4.78, 5) is 46.8. The van der Waals surface area contributed by atoms with E-state index in [2.05, 4.69) is 5.32 Å². The number of esters is 1. The molecule has 1 unspecified atom stereocenters. The Kier molecular flexibility index (Phi) is 7.17. The molecule has 1 amide bonds. The molecule has 1 N–H and O–H groups in total. The summed E-state index contributed by atoms with van der Waals surface area (Å²) in [5.41, 5.74) is 3.43. The van der Waals surface area contributed by atoms with Crippen LogP contribution in [0.15, 0.2) is 140 Å². The molecule has 48 heavy (non-hydrogen) atoms. The minimum Gasteiger partial charge on any atom is -0.497 e. The smallest absolute Gasteiger partial charge is 0.314 e. The molecule has 3 aliphatic rings. The highest BCUT2D eigenvalue weighted by Gasteiger charge is 2.71. The third-order valence-corrected chi connectivity index (χ3v) is 9.88. The van der Waals surface area contributed by atoms with Gasteiger partial charge in [-0.1, -0.05) is 109 Å². The van der Waals surface area contributed by atoms with Gasteiger partial charge in [-0.05, 0) is 58.7 Å². The molecule has 4 atom stereocenters. The predicted molar refractivity (Wildman–Crippen MR) is 184 cm³/mol. The van der Waals surface area contributed by atoms with E-state index in [0.717, 1.165) is 22.4 Å². The van der Waals surface area contributed by atoms with Gasteiger partial charge in [0.05, 0.1) is 13.2 Å². The Morgan fingerprint density at radius 2 is 1.40 bits per heavy atom. The second-order valence-electron chi connectivity index (χ2n) is 12.3. The van der Waals surface area contributed by atoms with Crippen molar-refractivity contribution in [1.29, 1.82) is 0 Å². The maximum Gasteiger partial charge on any atom is 0.314 e. The van der Waals surface area contributed by atoms with Crippen LogP contribution >= 0.6 is 0 Å². The van der Waals surface area contributed by atoms with Crippen molar-refractivity contribution in [3.8, 4) is 5.75 Å². The molecule has 0 radical (unpaired) electrons. The number of nitrogens with zero attached hydrogens (tertiary/aromatic N) is 1. The number of methoxy groups -OCH3 is 1. The van der Waals surface area contributed by atoms with Gasteiger partial charge < -0.3 is 19.7 Å². The number of Topliss-reactive ketones (excluding diaryl/α,β-unsaturated/α-hetero) is 1. The lowest BCUT2D eigenvalue weighted by Crippen LogP contribution is -2.51. The zero-order valence-corrected chi connectivity index (χ0v) is 26.2. The van der Waals surface area contributed by atoms with Gasteiger partial charge in [0.1, 0.15) is 23.1 Å². The minimum atomic E-state index is -1.47. The molecule has 3 aliphatic heterocycles. The second kappa shape index (κ2) is 11.7. The van der Waals surface area contributed by atoms with Crippen molar-refractivity contribution in [2.24, 2.45) is 5.92 Å². The Balaban J connectivity index is 1.35. The summed E-state index contributed by atoms with van der Waals surface area (Å²) in [6.07, 6.45) is 3.16. The average Bonchev–Trinajstić information content (AvgIpc) is 3.63. The topological polar surface area (TPSA) is 84.9 Å². The van der Waals surface area contributed by atoms with Crippen molar-refractivity contribution in [3.05, 3.63) is 167 Å². The van der Waals surface area contributed by atoms with Crippen LogP contribution in [-0.4, -0.2) is 36.9 Å². The molecule has 0 bridgehead atoms. The largest absolute Gasteiger partial charge is 0.497 e. The fourth-order valence-electron chi connectivity index (χ4n) is 7.78. The molecule has 1 spiro atoms. The third kappa shape index (κ3) is 4.46. The first kappa shape index (κ1) is 29.5. The fraction of sp³-hybridized carbons (Fsp3) is 0.146. The third-order valence-electron chi connectivity index (χ3n) is 9.88. The van der Waals surface area contributed by atoms with E-state index in [9.17, 15) is 9.59 Å². The van der Waals surface area contributed by atoms with Crippen molar-refractivity contribution >= 4 is 35.1 Å². The summed E-state index contributed by atoms with van der Waals surface area (Å²) >= 11 is 0. The molecular formula is C41H32N2O5. The summed E-state index contributed by atoms with van der Waals surface area (Å²) in [5, 5.41) is 3.07. The van der Waals surface area contributed by atoms with E-state index in [-0.39, 0.29) is 11.7 Å². The van der Waals surface area contributed by atoms with Crippen LogP contribution in [0.2, 0.25) is 0 Å². The van der Waals surface area contributed by atoms with Crippen LogP contribution in [-0.2, 0) is 19.7 Å². The summed E-state index contributed by atoms with van der Waals surface area (Å²) in [6, 6.07) is 39.4. The first-order valence-corrected chi connectivity index (χ1v) is 16.0. The number of ether oxygens (including phenoxy) is 2. The van der Waals surface area contributed by atoms with Gasteiger partial charge in [-0.2, -0.15) is 0 Å². The van der Waals surface area contributed by atoms with Gasteiger partial charge in [-0.15, -0.1) is 0 Å². The van der Waals surface area contributed by atoms with E-state index >= 15 is 4.79 Å².